The number of rotatable bonds is 2. The summed E-state index contributed by atoms with van der Waals surface area (Å²) in [6.45, 7) is 7.68. The van der Waals surface area contributed by atoms with Gasteiger partial charge in [-0.25, -0.2) is 4.79 Å². The van der Waals surface area contributed by atoms with Crippen LogP contribution >= 0.6 is 0 Å². The van der Waals surface area contributed by atoms with Crippen LogP contribution in [0.2, 0.25) is 0 Å². The van der Waals surface area contributed by atoms with Crippen molar-refractivity contribution in [3.8, 4) is 0 Å². The Bertz CT molecular complexity index is 468. The third-order valence-electron chi connectivity index (χ3n) is 6.98. The summed E-state index contributed by atoms with van der Waals surface area (Å²) < 4.78 is 5.91. The second-order valence-corrected chi connectivity index (χ2v) is 8.20. The Hall–Kier alpha value is -0.790. The zero-order chi connectivity index (χ0) is 14.1. The number of hydrogen-bond donors (Lipinski definition) is 0. The van der Waals surface area contributed by atoms with Crippen LogP contribution < -0.4 is 0 Å². The highest BCUT2D eigenvalue weighted by Gasteiger charge is 2.63. The molecule has 0 spiro atoms. The molecule has 20 heavy (non-hydrogen) atoms. The fourth-order valence-electron chi connectivity index (χ4n) is 6.34. The summed E-state index contributed by atoms with van der Waals surface area (Å²) in [6, 6.07) is 0. The molecule has 0 heterocycles. The van der Waals surface area contributed by atoms with Crippen molar-refractivity contribution >= 4 is 5.97 Å². The van der Waals surface area contributed by atoms with E-state index in [-0.39, 0.29) is 11.6 Å². The van der Waals surface area contributed by atoms with Gasteiger partial charge in [0.2, 0.25) is 0 Å². The maximum Gasteiger partial charge on any atom is 0.333 e. The van der Waals surface area contributed by atoms with E-state index >= 15 is 0 Å². The van der Waals surface area contributed by atoms with Crippen LogP contribution in [0.3, 0.4) is 0 Å². The first-order chi connectivity index (χ1) is 9.48. The molecule has 0 aliphatic heterocycles. The Morgan fingerprint density at radius 3 is 2.75 bits per heavy atom. The average Bonchev–Trinajstić information content (AvgIpc) is 3.02. The molecule has 110 valence electrons. The number of hydrogen-bond acceptors (Lipinski definition) is 2. The van der Waals surface area contributed by atoms with Gasteiger partial charge < -0.3 is 4.74 Å². The molecule has 4 aliphatic carbocycles. The minimum absolute atomic E-state index is 0.184. The van der Waals surface area contributed by atoms with Crippen LogP contribution in [0.4, 0.5) is 0 Å². The van der Waals surface area contributed by atoms with Crippen LogP contribution in [0.25, 0.3) is 0 Å². The van der Waals surface area contributed by atoms with Crippen LogP contribution in [0, 0.1) is 35.5 Å². The van der Waals surface area contributed by atoms with E-state index in [9.17, 15) is 4.79 Å². The Kier molecular flexibility index (Phi) is 2.66. The predicted octanol–water partition coefficient (Wildman–Crippen LogP) is 3.96. The van der Waals surface area contributed by atoms with Gasteiger partial charge in [0.25, 0.3) is 0 Å². The van der Waals surface area contributed by atoms with Gasteiger partial charge in [-0.15, -0.1) is 0 Å². The maximum atomic E-state index is 12.0. The molecular formula is C18H26O2. The molecule has 0 saturated heterocycles. The van der Waals surface area contributed by atoms with Crippen LogP contribution in [0.15, 0.2) is 12.2 Å². The monoisotopic (exact) mass is 274 g/mol. The van der Waals surface area contributed by atoms with Crippen LogP contribution in [0.1, 0.15) is 52.4 Å². The molecule has 0 aromatic heterocycles. The molecule has 4 rings (SSSR count). The van der Waals surface area contributed by atoms with Gasteiger partial charge in [0.1, 0.15) is 5.60 Å². The summed E-state index contributed by atoms with van der Waals surface area (Å²) in [6.07, 6.45) is 8.20. The van der Waals surface area contributed by atoms with Crippen molar-refractivity contribution in [3.05, 3.63) is 12.2 Å². The van der Waals surface area contributed by atoms with Crippen LogP contribution in [-0.4, -0.2) is 11.6 Å². The molecule has 0 aromatic rings. The lowest BCUT2D eigenvalue weighted by Gasteiger charge is -2.47. The molecule has 4 aliphatic rings. The molecule has 7 unspecified atom stereocenters. The summed E-state index contributed by atoms with van der Waals surface area (Å²) in [5, 5.41) is 0. The van der Waals surface area contributed by atoms with E-state index in [1.165, 1.54) is 32.1 Å². The zero-order valence-corrected chi connectivity index (χ0v) is 12.7. The van der Waals surface area contributed by atoms with Crippen molar-refractivity contribution in [2.24, 2.45) is 35.5 Å². The lowest BCUT2D eigenvalue weighted by molar-refractivity contribution is -0.165. The summed E-state index contributed by atoms with van der Waals surface area (Å²) in [4.78, 5) is 12.0. The largest absolute Gasteiger partial charge is 0.456 e. The van der Waals surface area contributed by atoms with Crippen molar-refractivity contribution < 1.29 is 9.53 Å². The van der Waals surface area contributed by atoms with E-state index in [1.54, 1.807) is 6.92 Å². The quantitative estimate of drug-likeness (QED) is 0.563. The Morgan fingerprint density at radius 2 is 2.00 bits per heavy atom. The summed E-state index contributed by atoms with van der Waals surface area (Å²) >= 11 is 0. The molecule has 2 nitrogen and oxygen atoms in total. The molecular weight excluding hydrogens is 248 g/mol. The van der Waals surface area contributed by atoms with Gasteiger partial charge in [0, 0.05) is 11.5 Å². The molecule has 0 N–H and O–H groups in total. The highest BCUT2D eigenvalue weighted by atomic mass is 16.6. The lowest BCUT2D eigenvalue weighted by atomic mass is 9.62. The Morgan fingerprint density at radius 1 is 1.20 bits per heavy atom. The molecule has 4 bridgehead atoms. The molecule has 0 aromatic carbocycles. The van der Waals surface area contributed by atoms with Crippen molar-refractivity contribution in [1.29, 1.82) is 0 Å². The molecule has 0 radical (unpaired) electrons. The molecule has 4 saturated carbocycles. The number of carbonyl (C=O) groups excluding carboxylic acids is 1. The molecule has 7 atom stereocenters. The van der Waals surface area contributed by atoms with Gasteiger partial charge in [-0.05, 0) is 75.5 Å². The summed E-state index contributed by atoms with van der Waals surface area (Å²) in [5.74, 6) is 4.98. The normalized spacial score (nSPS) is 51.9. The maximum absolute atomic E-state index is 12.0. The van der Waals surface area contributed by atoms with Gasteiger partial charge in [-0.3, -0.25) is 0 Å². The Labute approximate surface area is 122 Å². The lowest BCUT2D eigenvalue weighted by Crippen LogP contribution is -2.47. The zero-order valence-electron chi connectivity index (χ0n) is 12.7. The second-order valence-electron chi connectivity index (χ2n) is 8.20. The number of esters is 1. The molecule has 0 amide bonds. The SMILES string of the molecule is C=C(C)C(=O)OC1(C)CC2CC1C1C3CCC(C3)CC21. The first-order valence-corrected chi connectivity index (χ1v) is 8.37. The molecule has 4 fully saturated rings. The van der Waals surface area contributed by atoms with E-state index in [2.05, 4.69) is 13.5 Å². The summed E-state index contributed by atoms with van der Waals surface area (Å²) in [5.41, 5.74) is 0.326. The van der Waals surface area contributed by atoms with Crippen LogP contribution in [-0.2, 0) is 9.53 Å². The minimum Gasteiger partial charge on any atom is -0.456 e. The predicted molar refractivity (Wildman–Crippen MR) is 78.0 cm³/mol. The van der Waals surface area contributed by atoms with Crippen molar-refractivity contribution in [3.63, 3.8) is 0 Å². The smallest absolute Gasteiger partial charge is 0.333 e. The van der Waals surface area contributed by atoms with Gasteiger partial charge in [-0.2, -0.15) is 0 Å². The van der Waals surface area contributed by atoms with Crippen molar-refractivity contribution in [1.82, 2.24) is 0 Å². The molecule has 2 heteroatoms. The van der Waals surface area contributed by atoms with Gasteiger partial charge in [-0.1, -0.05) is 13.0 Å². The van der Waals surface area contributed by atoms with E-state index in [4.69, 9.17) is 4.74 Å². The van der Waals surface area contributed by atoms with Gasteiger partial charge >= 0.3 is 5.97 Å². The highest BCUT2D eigenvalue weighted by Crippen LogP contribution is 2.66. The first-order valence-electron chi connectivity index (χ1n) is 8.37. The van der Waals surface area contributed by atoms with Crippen molar-refractivity contribution in [2.75, 3.05) is 0 Å². The van der Waals surface area contributed by atoms with E-state index in [0.717, 1.165) is 36.0 Å². The van der Waals surface area contributed by atoms with E-state index < -0.39 is 0 Å². The third-order valence-corrected chi connectivity index (χ3v) is 6.98. The third kappa shape index (κ3) is 1.66. The number of ether oxygens (including phenoxy) is 1. The standard InChI is InChI=1S/C18H26O2/c1-10(2)17(19)20-18(3)9-13-8-15(18)16-12-5-4-11(6-12)7-14(13)16/h11-16H,1,4-9H2,2-3H3. The van der Waals surface area contributed by atoms with Gasteiger partial charge in [0.15, 0.2) is 0 Å². The fraction of sp³-hybridized carbons (Fsp3) is 0.833. The number of carbonyl (C=O) groups is 1. The Balaban J connectivity index is 1.58. The van der Waals surface area contributed by atoms with Gasteiger partial charge in [0.05, 0.1) is 0 Å². The second kappa shape index (κ2) is 4.11. The summed E-state index contributed by atoms with van der Waals surface area (Å²) in [7, 11) is 0. The highest BCUT2D eigenvalue weighted by molar-refractivity contribution is 5.87. The average molecular weight is 274 g/mol. The minimum atomic E-state index is -0.211. The van der Waals surface area contributed by atoms with Crippen molar-refractivity contribution in [2.45, 2.75) is 58.0 Å². The first kappa shape index (κ1) is 12.9. The topological polar surface area (TPSA) is 26.3 Å². The van der Waals surface area contributed by atoms with Crippen LogP contribution in [0.5, 0.6) is 0 Å². The fourth-order valence-corrected chi connectivity index (χ4v) is 6.34. The van der Waals surface area contributed by atoms with E-state index in [0.29, 0.717) is 11.5 Å². The van der Waals surface area contributed by atoms with E-state index in [1.807, 2.05) is 0 Å². The number of fused-ring (bicyclic) bond motifs is 8.